The van der Waals surface area contributed by atoms with Crippen LogP contribution in [0.1, 0.15) is 11.3 Å². The minimum atomic E-state index is 0. The highest BCUT2D eigenvalue weighted by atomic mass is 127. The molecule has 3 nitrogen and oxygen atoms in total. The number of methoxy groups -OCH3 is 2. The maximum Gasteiger partial charge on any atom is 0.205 e. The average molecular weight is 410 g/mol. The monoisotopic (exact) mass is 410 g/mol. The highest BCUT2D eigenvalue weighted by molar-refractivity contribution is 14.0. The van der Waals surface area contributed by atoms with Gasteiger partial charge >= 0.3 is 0 Å². The zero-order valence-corrected chi connectivity index (χ0v) is 15.2. The lowest BCUT2D eigenvalue weighted by molar-refractivity contribution is -0.688. The van der Waals surface area contributed by atoms with E-state index in [0.29, 0.717) is 0 Å². The molecule has 1 aromatic carbocycles. The molecular formula is C18H21INO2+. The van der Waals surface area contributed by atoms with Gasteiger partial charge in [-0.1, -0.05) is 12.6 Å². The summed E-state index contributed by atoms with van der Waals surface area (Å²) >= 11 is 0. The third-order valence-electron chi connectivity index (χ3n) is 3.16. The van der Waals surface area contributed by atoms with Crippen LogP contribution in [0.4, 0.5) is 0 Å². The first-order chi connectivity index (χ1) is 10.3. The minimum absolute atomic E-state index is 0. The highest BCUT2D eigenvalue weighted by Gasteiger charge is 2.05. The van der Waals surface area contributed by atoms with Crippen LogP contribution in [0.5, 0.6) is 11.5 Å². The number of aromatic nitrogens is 1. The van der Waals surface area contributed by atoms with Gasteiger partial charge in [-0.25, -0.2) is 0 Å². The zero-order valence-electron chi connectivity index (χ0n) is 12.9. The van der Waals surface area contributed by atoms with Gasteiger partial charge in [0.25, 0.3) is 0 Å². The molecule has 116 valence electrons. The molecule has 0 atom stereocenters. The van der Waals surface area contributed by atoms with Crippen molar-refractivity contribution in [1.82, 2.24) is 0 Å². The van der Waals surface area contributed by atoms with E-state index in [-0.39, 0.29) is 24.0 Å². The molecule has 0 bridgehead atoms. The second kappa shape index (κ2) is 9.25. The summed E-state index contributed by atoms with van der Waals surface area (Å²) in [4.78, 5) is 0. The van der Waals surface area contributed by atoms with E-state index < -0.39 is 0 Å². The summed E-state index contributed by atoms with van der Waals surface area (Å²) in [5.41, 5.74) is 2.17. The van der Waals surface area contributed by atoms with E-state index in [1.165, 1.54) is 0 Å². The SMILES string of the molecule is C=CC[n+]1ccccc1C=Cc1ccc(OC)c(OC)c1.I. The number of ether oxygens (including phenoxy) is 2. The maximum atomic E-state index is 5.31. The lowest BCUT2D eigenvalue weighted by atomic mass is 10.1. The summed E-state index contributed by atoms with van der Waals surface area (Å²) in [7, 11) is 3.27. The molecule has 0 aliphatic heterocycles. The van der Waals surface area contributed by atoms with Gasteiger partial charge in [0.05, 0.1) is 14.2 Å². The van der Waals surface area contributed by atoms with Gasteiger partial charge in [0.15, 0.2) is 24.2 Å². The molecule has 1 aromatic heterocycles. The van der Waals surface area contributed by atoms with Crippen LogP contribution in [0.2, 0.25) is 0 Å². The summed E-state index contributed by atoms with van der Waals surface area (Å²) in [5.74, 6) is 1.46. The lowest BCUT2D eigenvalue weighted by Gasteiger charge is -2.07. The van der Waals surface area contributed by atoms with E-state index >= 15 is 0 Å². The van der Waals surface area contributed by atoms with Crippen LogP contribution in [0.3, 0.4) is 0 Å². The summed E-state index contributed by atoms with van der Waals surface area (Å²) in [6.45, 7) is 4.57. The quantitative estimate of drug-likeness (QED) is 0.409. The van der Waals surface area contributed by atoms with Gasteiger partial charge in [-0.15, -0.1) is 24.0 Å². The van der Waals surface area contributed by atoms with Crippen molar-refractivity contribution in [3.8, 4) is 11.5 Å². The van der Waals surface area contributed by atoms with Gasteiger partial charge in [0.2, 0.25) is 5.69 Å². The molecular weight excluding hydrogens is 389 g/mol. The Hall–Kier alpha value is -1.82. The number of pyridine rings is 1. The van der Waals surface area contributed by atoms with Crippen molar-refractivity contribution >= 4 is 36.1 Å². The molecule has 0 aliphatic rings. The predicted molar refractivity (Wildman–Crippen MR) is 101 cm³/mol. The molecule has 0 unspecified atom stereocenters. The Bertz CT molecular complexity index is 653. The summed E-state index contributed by atoms with van der Waals surface area (Å²) in [6.07, 6.45) is 8.05. The third-order valence-corrected chi connectivity index (χ3v) is 3.16. The van der Waals surface area contributed by atoms with Crippen molar-refractivity contribution in [3.63, 3.8) is 0 Å². The first-order valence-corrected chi connectivity index (χ1v) is 6.78. The molecule has 0 saturated carbocycles. The van der Waals surface area contributed by atoms with Gasteiger partial charge < -0.3 is 9.47 Å². The molecule has 0 amide bonds. The van der Waals surface area contributed by atoms with Gasteiger partial charge in [-0.3, -0.25) is 0 Å². The summed E-state index contributed by atoms with van der Waals surface area (Å²) in [5, 5.41) is 0. The first-order valence-electron chi connectivity index (χ1n) is 6.78. The van der Waals surface area contributed by atoms with Crippen LogP contribution < -0.4 is 14.0 Å². The zero-order chi connectivity index (χ0) is 15.1. The van der Waals surface area contributed by atoms with E-state index in [4.69, 9.17) is 9.47 Å². The molecule has 0 N–H and O–H groups in total. The van der Waals surface area contributed by atoms with Crippen molar-refractivity contribution in [3.05, 3.63) is 66.5 Å². The Morgan fingerprint density at radius 1 is 1.05 bits per heavy atom. The average Bonchev–Trinajstić information content (AvgIpc) is 2.54. The summed E-state index contributed by atoms with van der Waals surface area (Å²) < 4.78 is 12.7. The molecule has 0 spiro atoms. The molecule has 0 radical (unpaired) electrons. The Balaban J connectivity index is 0.00000242. The van der Waals surface area contributed by atoms with Gasteiger partial charge in [0, 0.05) is 18.2 Å². The number of benzene rings is 1. The normalized spacial score (nSPS) is 10.1. The van der Waals surface area contributed by atoms with Crippen LogP contribution in [0.15, 0.2) is 55.3 Å². The van der Waals surface area contributed by atoms with Crippen LogP contribution in [-0.4, -0.2) is 14.2 Å². The van der Waals surface area contributed by atoms with E-state index in [1.807, 2.05) is 42.6 Å². The van der Waals surface area contributed by atoms with Gasteiger partial charge in [0.1, 0.15) is 0 Å². The van der Waals surface area contributed by atoms with Gasteiger partial charge in [-0.2, -0.15) is 4.57 Å². The van der Waals surface area contributed by atoms with Crippen LogP contribution in [0, 0.1) is 0 Å². The van der Waals surface area contributed by atoms with Crippen molar-refractivity contribution < 1.29 is 14.0 Å². The van der Waals surface area contributed by atoms with E-state index in [0.717, 1.165) is 29.3 Å². The van der Waals surface area contributed by atoms with Crippen LogP contribution in [-0.2, 0) is 6.54 Å². The molecule has 0 aliphatic carbocycles. The second-order valence-electron chi connectivity index (χ2n) is 4.51. The number of rotatable bonds is 6. The Morgan fingerprint density at radius 2 is 1.82 bits per heavy atom. The van der Waals surface area contributed by atoms with E-state index in [1.54, 1.807) is 14.2 Å². The molecule has 2 aromatic rings. The Kier molecular flexibility index (Phi) is 7.66. The molecule has 22 heavy (non-hydrogen) atoms. The molecule has 0 fully saturated rings. The summed E-state index contributed by atoms with van der Waals surface area (Å²) in [6, 6.07) is 12.0. The number of hydrogen-bond donors (Lipinski definition) is 0. The molecule has 1 heterocycles. The number of allylic oxidation sites excluding steroid dienone is 1. The fraction of sp³-hybridized carbons (Fsp3) is 0.167. The Labute approximate surface area is 148 Å². The fourth-order valence-corrected chi connectivity index (χ4v) is 2.08. The lowest BCUT2D eigenvalue weighted by Crippen LogP contribution is -2.35. The van der Waals surface area contributed by atoms with Crippen LogP contribution in [0.25, 0.3) is 12.2 Å². The van der Waals surface area contributed by atoms with Crippen molar-refractivity contribution in [2.45, 2.75) is 6.54 Å². The minimum Gasteiger partial charge on any atom is -0.493 e. The molecule has 2 rings (SSSR count). The van der Waals surface area contributed by atoms with E-state index in [9.17, 15) is 0 Å². The number of halogens is 1. The molecule has 4 heteroatoms. The second-order valence-corrected chi connectivity index (χ2v) is 4.51. The first kappa shape index (κ1) is 18.2. The number of nitrogens with zero attached hydrogens (tertiary/aromatic N) is 1. The fourth-order valence-electron chi connectivity index (χ4n) is 2.08. The maximum absolute atomic E-state index is 5.31. The smallest absolute Gasteiger partial charge is 0.205 e. The third kappa shape index (κ3) is 4.59. The number of hydrogen-bond acceptors (Lipinski definition) is 2. The van der Waals surface area contributed by atoms with Crippen molar-refractivity contribution in [2.24, 2.45) is 0 Å². The van der Waals surface area contributed by atoms with Gasteiger partial charge in [-0.05, 0) is 35.9 Å². The van der Waals surface area contributed by atoms with Crippen LogP contribution >= 0.6 is 24.0 Å². The predicted octanol–water partition coefficient (Wildman–Crippen LogP) is 3.97. The van der Waals surface area contributed by atoms with E-state index in [2.05, 4.69) is 29.4 Å². The van der Waals surface area contributed by atoms with Crippen molar-refractivity contribution in [2.75, 3.05) is 14.2 Å². The standard InChI is InChI=1S/C18H20NO2.HI/c1-4-12-19-13-6-5-7-16(19)10-8-15-9-11-17(20-2)18(14-15)21-3;/h4-11,13-14H,1,12H2,2-3H3;1H/q+1;. The highest BCUT2D eigenvalue weighted by Crippen LogP contribution is 2.28. The largest absolute Gasteiger partial charge is 0.493 e. The molecule has 0 saturated heterocycles. The van der Waals surface area contributed by atoms with Crippen molar-refractivity contribution in [1.29, 1.82) is 0 Å². The topological polar surface area (TPSA) is 22.3 Å². The Morgan fingerprint density at radius 3 is 2.50 bits per heavy atom.